The van der Waals surface area contributed by atoms with E-state index in [0.29, 0.717) is 16.5 Å². The molecule has 0 saturated carbocycles. The van der Waals surface area contributed by atoms with Crippen LogP contribution in [0.3, 0.4) is 0 Å². The van der Waals surface area contributed by atoms with Gasteiger partial charge in [-0.3, -0.25) is 14.5 Å². The van der Waals surface area contributed by atoms with Gasteiger partial charge in [0.25, 0.3) is 0 Å². The van der Waals surface area contributed by atoms with Crippen LogP contribution in [0.15, 0.2) is 60.0 Å². The zero-order chi connectivity index (χ0) is 20.1. The maximum Gasteiger partial charge on any atom is 0.248 e. The molecule has 0 bridgehead atoms. The van der Waals surface area contributed by atoms with E-state index >= 15 is 0 Å². The van der Waals surface area contributed by atoms with Gasteiger partial charge in [-0.2, -0.15) is 0 Å². The van der Waals surface area contributed by atoms with Crippen molar-refractivity contribution >= 4 is 45.7 Å². The average Bonchev–Trinajstić information content (AvgIpc) is 3.12. The Morgan fingerprint density at radius 2 is 1.86 bits per heavy atom. The molecule has 2 amide bonds. The number of nitrogens with zero attached hydrogens (tertiary/aromatic N) is 2. The fourth-order valence-electron chi connectivity index (χ4n) is 2.38. The minimum absolute atomic E-state index is 0.138. The van der Waals surface area contributed by atoms with E-state index < -0.39 is 17.5 Å². The van der Waals surface area contributed by atoms with E-state index in [4.69, 9.17) is 0 Å². The summed E-state index contributed by atoms with van der Waals surface area (Å²) in [6.45, 7) is 1.44. The Morgan fingerprint density at radius 1 is 1.11 bits per heavy atom. The summed E-state index contributed by atoms with van der Waals surface area (Å²) in [6, 6.07) is 12.2. The molecule has 0 aliphatic rings. The summed E-state index contributed by atoms with van der Waals surface area (Å²) in [7, 11) is 0. The molecular weight excluding hydrogens is 384 g/mol. The van der Waals surface area contributed by atoms with Crippen molar-refractivity contribution in [2.45, 2.75) is 6.92 Å². The molecule has 0 aliphatic carbocycles. The van der Waals surface area contributed by atoms with E-state index in [9.17, 15) is 18.4 Å². The highest BCUT2D eigenvalue weighted by Gasteiger charge is 2.17. The molecule has 3 rings (SSSR count). The van der Waals surface area contributed by atoms with Gasteiger partial charge >= 0.3 is 0 Å². The molecule has 0 spiro atoms. The topological polar surface area (TPSA) is 62.3 Å². The Bertz CT molecular complexity index is 1030. The summed E-state index contributed by atoms with van der Waals surface area (Å²) in [5, 5.41) is 4.61. The third-order valence-corrected chi connectivity index (χ3v) is 4.47. The lowest BCUT2D eigenvalue weighted by molar-refractivity contribution is -0.116. The predicted octanol–water partition coefficient (Wildman–Crippen LogP) is 4.76. The number of thiazole rings is 1. The molecule has 0 atom stereocenters. The summed E-state index contributed by atoms with van der Waals surface area (Å²) < 4.78 is 26.1. The van der Waals surface area contributed by atoms with E-state index in [1.807, 2.05) is 18.2 Å². The maximum atomic E-state index is 13.2. The van der Waals surface area contributed by atoms with E-state index in [2.05, 4.69) is 10.3 Å². The van der Waals surface area contributed by atoms with Crippen molar-refractivity contribution in [3.63, 3.8) is 0 Å². The SMILES string of the molecule is CC(=O)N(c1ccccc1)c1nc(C=CC(=O)Nc2ccc(F)c(F)c2)cs1. The average molecular weight is 399 g/mol. The minimum atomic E-state index is -1.05. The van der Waals surface area contributed by atoms with Crippen molar-refractivity contribution in [2.24, 2.45) is 0 Å². The molecule has 142 valence electrons. The first-order chi connectivity index (χ1) is 13.4. The highest BCUT2D eigenvalue weighted by atomic mass is 32.1. The number of halogens is 2. The van der Waals surface area contributed by atoms with Gasteiger partial charge in [0.15, 0.2) is 16.8 Å². The monoisotopic (exact) mass is 399 g/mol. The van der Waals surface area contributed by atoms with Crippen molar-refractivity contribution in [1.82, 2.24) is 4.98 Å². The molecular formula is C20H15F2N3O2S. The Hall–Kier alpha value is -3.39. The van der Waals surface area contributed by atoms with Gasteiger partial charge < -0.3 is 5.32 Å². The second kappa shape index (κ2) is 8.53. The number of rotatable bonds is 5. The van der Waals surface area contributed by atoms with Crippen molar-refractivity contribution in [1.29, 1.82) is 0 Å². The standard InChI is InChI=1S/C20H15F2N3O2S/c1-13(26)25(16-5-3-2-4-6-16)20-24-15(12-28-20)8-10-19(27)23-14-7-9-17(21)18(22)11-14/h2-12H,1H3,(H,23,27). The number of anilines is 3. The quantitative estimate of drug-likeness (QED) is 0.630. The maximum absolute atomic E-state index is 13.2. The number of amides is 2. The number of para-hydroxylation sites is 1. The van der Waals surface area contributed by atoms with Crippen LogP contribution in [0.2, 0.25) is 0 Å². The van der Waals surface area contributed by atoms with Crippen LogP contribution in [-0.2, 0) is 9.59 Å². The lowest BCUT2D eigenvalue weighted by Gasteiger charge is -2.17. The molecule has 0 aliphatic heterocycles. The van der Waals surface area contributed by atoms with Gasteiger partial charge in [-0.15, -0.1) is 11.3 Å². The molecule has 1 heterocycles. The van der Waals surface area contributed by atoms with Crippen molar-refractivity contribution in [3.05, 3.63) is 77.3 Å². The molecule has 0 saturated heterocycles. The smallest absolute Gasteiger partial charge is 0.248 e. The van der Waals surface area contributed by atoms with Gasteiger partial charge in [-0.05, 0) is 30.3 Å². The van der Waals surface area contributed by atoms with Crippen molar-refractivity contribution in [2.75, 3.05) is 10.2 Å². The molecule has 5 nitrogen and oxygen atoms in total. The molecule has 0 fully saturated rings. The molecule has 3 aromatic rings. The summed E-state index contributed by atoms with van der Waals surface area (Å²) in [5.41, 5.74) is 1.32. The van der Waals surface area contributed by atoms with Gasteiger partial charge in [0, 0.05) is 30.1 Å². The largest absolute Gasteiger partial charge is 0.322 e. The van der Waals surface area contributed by atoms with Gasteiger partial charge in [0.2, 0.25) is 11.8 Å². The number of aromatic nitrogens is 1. The van der Waals surface area contributed by atoms with Crippen molar-refractivity contribution < 1.29 is 18.4 Å². The molecule has 2 aromatic carbocycles. The van der Waals surface area contributed by atoms with Crippen LogP contribution in [0, 0.1) is 11.6 Å². The number of benzene rings is 2. The fraction of sp³-hybridized carbons (Fsp3) is 0.0500. The molecule has 28 heavy (non-hydrogen) atoms. The third kappa shape index (κ3) is 4.66. The fourth-order valence-corrected chi connectivity index (χ4v) is 3.23. The lowest BCUT2D eigenvalue weighted by Crippen LogP contribution is -2.22. The predicted molar refractivity (Wildman–Crippen MR) is 105 cm³/mol. The minimum Gasteiger partial charge on any atom is -0.322 e. The molecule has 1 aromatic heterocycles. The molecule has 1 N–H and O–H groups in total. The van der Waals surface area contributed by atoms with Crippen LogP contribution in [0.5, 0.6) is 0 Å². The number of hydrogen-bond acceptors (Lipinski definition) is 4. The molecule has 0 unspecified atom stereocenters. The first-order valence-corrected chi connectivity index (χ1v) is 9.07. The van der Waals surface area contributed by atoms with Gasteiger partial charge in [-0.25, -0.2) is 13.8 Å². The van der Waals surface area contributed by atoms with Crippen LogP contribution in [0.25, 0.3) is 6.08 Å². The number of carbonyl (C=O) groups is 2. The van der Waals surface area contributed by atoms with Gasteiger partial charge in [0.05, 0.1) is 11.4 Å². The van der Waals surface area contributed by atoms with Crippen LogP contribution >= 0.6 is 11.3 Å². The first-order valence-electron chi connectivity index (χ1n) is 8.19. The van der Waals surface area contributed by atoms with Crippen LogP contribution in [0.1, 0.15) is 12.6 Å². The summed E-state index contributed by atoms with van der Waals surface area (Å²) in [5.74, 6) is -2.74. The first kappa shape index (κ1) is 19.4. The number of hydrogen-bond donors (Lipinski definition) is 1. The van der Waals surface area contributed by atoms with Crippen molar-refractivity contribution in [3.8, 4) is 0 Å². The normalized spacial score (nSPS) is 10.8. The highest BCUT2D eigenvalue weighted by molar-refractivity contribution is 7.14. The Kier molecular flexibility index (Phi) is 5.90. The Labute approximate surface area is 164 Å². The second-order valence-electron chi connectivity index (χ2n) is 5.70. The van der Waals surface area contributed by atoms with Gasteiger partial charge in [0.1, 0.15) is 0 Å². The molecule has 8 heteroatoms. The number of nitrogens with one attached hydrogen (secondary N) is 1. The molecule has 0 radical (unpaired) electrons. The van der Waals surface area contributed by atoms with E-state index in [0.717, 1.165) is 12.1 Å². The van der Waals surface area contributed by atoms with Crippen LogP contribution < -0.4 is 10.2 Å². The summed E-state index contributed by atoms with van der Waals surface area (Å²) in [4.78, 5) is 29.8. The lowest BCUT2D eigenvalue weighted by atomic mass is 10.3. The van der Waals surface area contributed by atoms with E-state index in [-0.39, 0.29) is 11.6 Å². The zero-order valence-electron chi connectivity index (χ0n) is 14.7. The summed E-state index contributed by atoms with van der Waals surface area (Å²) in [6.07, 6.45) is 2.69. The summed E-state index contributed by atoms with van der Waals surface area (Å²) >= 11 is 1.26. The van der Waals surface area contributed by atoms with E-state index in [1.165, 1.54) is 41.4 Å². The Balaban J connectivity index is 1.71. The van der Waals surface area contributed by atoms with Crippen LogP contribution in [-0.4, -0.2) is 16.8 Å². The highest BCUT2D eigenvalue weighted by Crippen LogP contribution is 2.29. The third-order valence-electron chi connectivity index (χ3n) is 3.62. The van der Waals surface area contributed by atoms with Crippen LogP contribution in [0.4, 0.5) is 25.3 Å². The van der Waals surface area contributed by atoms with Gasteiger partial charge in [-0.1, -0.05) is 18.2 Å². The number of carbonyl (C=O) groups excluding carboxylic acids is 2. The second-order valence-corrected chi connectivity index (χ2v) is 6.53. The van der Waals surface area contributed by atoms with E-state index in [1.54, 1.807) is 17.5 Å². The Morgan fingerprint density at radius 3 is 2.54 bits per heavy atom. The zero-order valence-corrected chi connectivity index (χ0v) is 15.5.